The van der Waals surface area contributed by atoms with Crippen molar-refractivity contribution in [3.8, 4) is 5.75 Å². The number of nitrogens with zero attached hydrogens (tertiary/aromatic N) is 1. The molecule has 0 aliphatic carbocycles. The highest BCUT2D eigenvalue weighted by Crippen LogP contribution is 2.31. The summed E-state index contributed by atoms with van der Waals surface area (Å²) < 4.78 is 30.3. The fourth-order valence-electron chi connectivity index (χ4n) is 2.14. The summed E-state index contributed by atoms with van der Waals surface area (Å²) in [4.78, 5) is 0. The maximum absolute atomic E-state index is 12.8. The number of alkyl halides is 2. The molecule has 0 aromatic heterocycles. The highest BCUT2D eigenvalue weighted by atomic mass is 32.1. The lowest BCUT2D eigenvalue weighted by Crippen LogP contribution is -2.32. The summed E-state index contributed by atoms with van der Waals surface area (Å²) in [6.45, 7) is 1.35. The minimum atomic E-state index is -2.91. The van der Waals surface area contributed by atoms with E-state index in [4.69, 9.17) is 17.0 Å². The van der Waals surface area contributed by atoms with Crippen molar-refractivity contribution in [1.29, 1.82) is 0 Å². The molecule has 0 spiro atoms. The fourth-order valence-corrected chi connectivity index (χ4v) is 2.33. The molecule has 23 heavy (non-hydrogen) atoms. The molecule has 0 bridgehead atoms. The number of thiocarbonyl (C=S) groups is 1. The monoisotopic (exact) mass is 337 g/mol. The van der Waals surface area contributed by atoms with Gasteiger partial charge in [0.25, 0.3) is 0 Å². The largest absolute Gasteiger partial charge is 0.433 e. The fraction of sp³-hybridized carbons (Fsp3) is 0.250. The van der Waals surface area contributed by atoms with Crippen LogP contribution in [0.1, 0.15) is 19.4 Å². The molecule has 0 saturated heterocycles. The van der Waals surface area contributed by atoms with Gasteiger partial charge in [0.1, 0.15) is 5.75 Å². The predicted octanol–water partition coefficient (Wildman–Crippen LogP) is 3.65. The van der Waals surface area contributed by atoms with E-state index in [-0.39, 0.29) is 5.75 Å². The van der Waals surface area contributed by atoms with Crippen LogP contribution in [0.5, 0.6) is 5.75 Å². The molecular weight excluding hydrogens is 320 g/mol. The molecule has 0 unspecified atom stereocenters. The van der Waals surface area contributed by atoms with Crippen LogP contribution in [0.15, 0.2) is 41.5 Å². The van der Waals surface area contributed by atoms with Crippen molar-refractivity contribution in [2.75, 3.05) is 6.54 Å². The van der Waals surface area contributed by atoms with Crippen LogP contribution in [0.2, 0.25) is 0 Å². The summed E-state index contributed by atoms with van der Waals surface area (Å²) in [5.74, 6) is 0.107. The summed E-state index contributed by atoms with van der Waals surface area (Å²) >= 11 is 5.02. The van der Waals surface area contributed by atoms with Crippen LogP contribution in [0.25, 0.3) is 10.8 Å². The second-order valence-corrected chi connectivity index (χ2v) is 5.12. The van der Waals surface area contributed by atoms with Crippen molar-refractivity contribution in [3.05, 3.63) is 42.0 Å². The maximum atomic E-state index is 12.8. The highest BCUT2D eigenvalue weighted by molar-refractivity contribution is 7.80. The zero-order valence-electron chi connectivity index (χ0n) is 12.8. The Bertz CT molecular complexity index is 734. The number of benzene rings is 2. The van der Waals surface area contributed by atoms with Gasteiger partial charge in [-0.25, -0.2) is 0 Å². The first-order valence-corrected chi connectivity index (χ1v) is 7.48. The average molecular weight is 337 g/mol. The molecule has 2 aromatic carbocycles. The van der Waals surface area contributed by atoms with Crippen LogP contribution in [0, 0.1) is 0 Å². The molecule has 7 heteroatoms. The topological polar surface area (TPSA) is 45.7 Å². The van der Waals surface area contributed by atoms with Crippen LogP contribution in [-0.2, 0) is 0 Å². The number of fused-ring (bicyclic) bond motifs is 1. The molecule has 0 aliphatic heterocycles. The first kappa shape index (κ1) is 17.1. The van der Waals surface area contributed by atoms with Crippen molar-refractivity contribution >= 4 is 33.8 Å². The smallest absolute Gasteiger partial charge is 0.387 e. The molecule has 4 nitrogen and oxygen atoms in total. The highest BCUT2D eigenvalue weighted by Gasteiger charge is 2.15. The van der Waals surface area contributed by atoms with Crippen LogP contribution in [-0.4, -0.2) is 24.0 Å². The lowest BCUT2D eigenvalue weighted by atomic mass is 10.0. The summed E-state index contributed by atoms with van der Waals surface area (Å²) in [7, 11) is 0. The quantitative estimate of drug-likeness (QED) is 0.497. The van der Waals surface area contributed by atoms with Crippen molar-refractivity contribution < 1.29 is 13.5 Å². The number of rotatable bonds is 5. The summed E-state index contributed by atoms with van der Waals surface area (Å²) in [6, 6.07) is 10.7. The van der Waals surface area contributed by atoms with E-state index in [1.807, 2.05) is 25.1 Å². The molecule has 0 atom stereocenters. The Morgan fingerprint density at radius 3 is 2.70 bits per heavy atom. The SMILES string of the molecule is CCNC(=S)NN=C(C)c1ccc2ccccc2c1OC(F)F. The van der Waals surface area contributed by atoms with Gasteiger partial charge in [-0.1, -0.05) is 30.3 Å². The second-order valence-electron chi connectivity index (χ2n) is 4.71. The Labute approximate surface area is 138 Å². The second kappa shape index (κ2) is 7.82. The van der Waals surface area contributed by atoms with Gasteiger partial charge in [-0.3, -0.25) is 5.43 Å². The standard InChI is InChI=1S/C16H17F2N3OS/c1-3-19-16(23)21-20-10(2)12-9-8-11-6-4-5-7-13(11)14(12)22-15(17)18/h4-9,15H,3H2,1-2H3,(H2,19,21,23). The minimum Gasteiger partial charge on any atom is -0.433 e. The van der Waals surface area contributed by atoms with Crippen molar-refractivity contribution in [2.45, 2.75) is 20.5 Å². The van der Waals surface area contributed by atoms with Gasteiger partial charge >= 0.3 is 6.61 Å². The normalized spacial score (nSPS) is 11.6. The minimum absolute atomic E-state index is 0.107. The third-order valence-corrected chi connectivity index (χ3v) is 3.37. The Morgan fingerprint density at radius 2 is 2.00 bits per heavy atom. The average Bonchev–Trinajstić information content (AvgIpc) is 2.53. The zero-order valence-corrected chi connectivity index (χ0v) is 13.6. The van der Waals surface area contributed by atoms with E-state index < -0.39 is 6.61 Å². The van der Waals surface area contributed by atoms with E-state index in [0.717, 1.165) is 5.39 Å². The summed E-state index contributed by atoms with van der Waals surface area (Å²) in [5, 5.41) is 8.80. The number of halogens is 2. The van der Waals surface area contributed by atoms with Crippen molar-refractivity contribution in [3.63, 3.8) is 0 Å². The molecule has 0 amide bonds. The van der Waals surface area contributed by atoms with E-state index in [1.165, 1.54) is 0 Å². The Kier molecular flexibility index (Phi) is 5.81. The van der Waals surface area contributed by atoms with Crippen molar-refractivity contribution in [2.24, 2.45) is 5.10 Å². The van der Waals surface area contributed by atoms with Crippen molar-refractivity contribution in [1.82, 2.24) is 10.7 Å². The molecule has 2 aromatic rings. The molecule has 0 saturated carbocycles. The van der Waals surface area contributed by atoms with Crippen LogP contribution >= 0.6 is 12.2 Å². The van der Waals surface area contributed by atoms with Gasteiger partial charge < -0.3 is 10.1 Å². The molecule has 122 valence electrons. The number of ether oxygens (including phenoxy) is 1. The third kappa shape index (κ3) is 4.35. The first-order chi connectivity index (χ1) is 11.0. The number of nitrogens with one attached hydrogen (secondary N) is 2. The Balaban J connectivity index is 2.42. The lowest BCUT2D eigenvalue weighted by Gasteiger charge is -2.14. The van der Waals surface area contributed by atoms with E-state index in [2.05, 4.69) is 15.8 Å². The van der Waals surface area contributed by atoms with Gasteiger partial charge in [-0.2, -0.15) is 13.9 Å². The summed E-state index contributed by atoms with van der Waals surface area (Å²) in [6.07, 6.45) is 0. The van der Waals surface area contributed by atoms with Gasteiger partial charge in [-0.15, -0.1) is 0 Å². The van der Waals surface area contributed by atoms with Crippen LogP contribution < -0.4 is 15.5 Å². The number of hydrazone groups is 1. The first-order valence-electron chi connectivity index (χ1n) is 7.08. The number of hydrogen-bond acceptors (Lipinski definition) is 3. The third-order valence-electron chi connectivity index (χ3n) is 3.14. The molecular formula is C16H17F2N3OS. The maximum Gasteiger partial charge on any atom is 0.387 e. The van der Waals surface area contributed by atoms with E-state index >= 15 is 0 Å². The van der Waals surface area contributed by atoms with Gasteiger partial charge in [0.2, 0.25) is 0 Å². The van der Waals surface area contributed by atoms with Gasteiger partial charge in [0, 0.05) is 17.5 Å². The van der Waals surface area contributed by atoms with Gasteiger partial charge in [-0.05, 0) is 37.5 Å². The van der Waals surface area contributed by atoms with Crippen LogP contribution in [0.3, 0.4) is 0 Å². The van der Waals surface area contributed by atoms with E-state index in [0.29, 0.717) is 28.3 Å². The zero-order chi connectivity index (χ0) is 16.8. The molecule has 0 fully saturated rings. The molecule has 0 aliphatic rings. The summed E-state index contributed by atoms with van der Waals surface area (Å²) in [5.41, 5.74) is 3.65. The van der Waals surface area contributed by atoms with E-state index in [9.17, 15) is 8.78 Å². The number of hydrogen-bond donors (Lipinski definition) is 2. The molecule has 0 heterocycles. The Hall–Kier alpha value is -2.28. The molecule has 0 radical (unpaired) electrons. The molecule has 2 rings (SSSR count). The van der Waals surface area contributed by atoms with E-state index in [1.54, 1.807) is 25.1 Å². The van der Waals surface area contributed by atoms with Gasteiger partial charge in [0.15, 0.2) is 5.11 Å². The predicted molar refractivity (Wildman–Crippen MR) is 92.2 cm³/mol. The molecule has 2 N–H and O–H groups in total. The Morgan fingerprint density at radius 1 is 1.26 bits per heavy atom. The lowest BCUT2D eigenvalue weighted by molar-refractivity contribution is -0.0489. The van der Waals surface area contributed by atoms with Gasteiger partial charge in [0.05, 0.1) is 5.71 Å². The van der Waals surface area contributed by atoms with Crippen LogP contribution in [0.4, 0.5) is 8.78 Å².